The summed E-state index contributed by atoms with van der Waals surface area (Å²) in [5, 5.41) is 0. The van der Waals surface area contributed by atoms with Crippen LogP contribution < -0.4 is 0 Å². The Hall–Kier alpha value is -1.99. The van der Waals surface area contributed by atoms with Crippen LogP contribution in [0.5, 0.6) is 0 Å². The summed E-state index contributed by atoms with van der Waals surface area (Å²) >= 11 is 0. The monoisotopic (exact) mass is 699 g/mol. The molecule has 0 fully saturated rings. The molecule has 0 aliphatic carbocycles. The van der Waals surface area contributed by atoms with Crippen molar-refractivity contribution < 1.29 is 21.2 Å². The molecular weight excluding hydrogens is 627 g/mol. The second-order valence-corrected chi connectivity index (χ2v) is 13.3. The van der Waals surface area contributed by atoms with E-state index in [-0.39, 0.29) is 16.5 Å². The summed E-state index contributed by atoms with van der Waals surface area (Å²) in [6.45, 7) is 18.2. The molecule has 0 aromatic heterocycles. The summed E-state index contributed by atoms with van der Waals surface area (Å²) in [6, 6.07) is 17.8. The minimum atomic E-state index is 0. The van der Waals surface area contributed by atoms with E-state index in [2.05, 4.69) is 103 Å². The minimum Gasteiger partial charge on any atom is -0.493 e. The van der Waals surface area contributed by atoms with E-state index in [1.165, 1.54) is 124 Å². The molecule has 3 heteroatoms. The van der Waals surface area contributed by atoms with Gasteiger partial charge in [0.15, 0.2) is 0 Å². The largest absolute Gasteiger partial charge is 2.00 e. The Kier molecular flexibility index (Phi) is 29.7. The molecule has 0 N–H and O–H groups in total. The number of allylic oxidation sites excluding steroid dienone is 2. The molecule has 1 heterocycles. The van der Waals surface area contributed by atoms with Crippen LogP contribution in [0.4, 0.5) is 0 Å². The van der Waals surface area contributed by atoms with Gasteiger partial charge in [0.05, 0.1) is 0 Å². The van der Waals surface area contributed by atoms with E-state index < -0.39 is 0 Å². The van der Waals surface area contributed by atoms with Gasteiger partial charge in [-0.25, -0.2) is 4.70 Å². The van der Waals surface area contributed by atoms with Crippen LogP contribution in [0.3, 0.4) is 0 Å². The topological polar surface area (TPSA) is 25.3 Å². The zero-order chi connectivity index (χ0) is 34.5. The van der Waals surface area contributed by atoms with Gasteiger partial charge in [-0.1, -0.05) is 149 Å². The van der Waals surface area contributed by atoms with Gasteiger partial charge in [0, 0.05) is 22.8 Å². The number of nitrogens with zero attached hydrogens (tertiary/aromatic N) is 2. The van der Waals surface area contributed by atoms with Crippen molar-refractivity contribution in [2.24, 2.45) is 0 Å². The number of benzene rings is 2. The van der Waals surface area contributed by atoms with Crippen LogP contribution in [0.1, 0.15) is 185 Å². The Morgan fingerprint density at radius 1 is 0.521 bits per heavy atom. The molecule has 0 spiro atoms. The van der Waals surface area contributed by atoms with E-state index >= 15 is 0 Å². The first-order chi connectivity index (χ1) is 23.0. The average Bonchev–Trinajstić information content (AvgIpc) is 3.44. The Morgan fingerprint density at radius 2 is 0.917 bits per heavy atom. The fraction of sp³-hybridized carbons (Fsp3) is 0.600. The molecule has 48 heavy (non-hydrogen) atoms. The van der Waals surface area contributed by atoms with Crippen LogP contribution in [0.2, 0.25) is 0 Å². The Labute approximate surface area is 309 Å². The second-order valence-electron chi connectivity index (χ2n) is 13.3. The summed E-state index contributed by atoms with van der Waals surface area (Å²) in [5.41, 5.74) is 19.7. The SMILES string of the molecule is CCCCCCCCc1cccc(C2=CC(CCCCC)=C(c3cccc(CCCCCCCC)c3)[N+]2=[N-])c1.[CH2-]CCC.[CH2-]CCC.[Ni+2]. The fourth-order valence-electron chi connectivity index (χ4n) is 5.80. The Bertz CT molecular complexity index is 1140. The molecular formula is C45H72N2Ni. The van der Waals surface area contributed by atoms with Crippen molar-refractivity contribution in [3.8, 4) is 0 Å². The van der Waals surface area contributed by atoms with E-state index in [4.69, 9.17) is 0 Å². The molecule has 272 valence electrons. The number of unbranched alkanes of at least 4 members (excludes halogenated alkanes) is 14. The van der Waals surface area contributed by atoms with E-state index in [0.29, 0.717) is 0 Å². The summed E-state index contributed by atoms with van der Waals surface area (Å²) in [6.07, 6.45) is 29.4. The first-order valence-electron chi connectivity index (χ1n) is 19.7. The first-order valence-corrected chi connectivity index (χ1v) is 19.7. The summed E-state index contributed by atoms with van der Waals surface area (Å²) in [4.78, 5) is 0. The quantitative estimate of drug-likeness (QED) is 0.0506. The maximum absolute atomic E-state index is 11.6. The van der Waals surface area contributed by atoms with Crippen LogP contribution in [0, 0.1) is 13.8 Å². The predicted molar refractivity (Wildman–Crippen MR) is 210 cm³/mol. The van der Waals surface area contributed by atoms with Crippen LogP contribution in [0.15, 0.2) is 60.2 Å². The van der Waals surface area contributed by atoms with E-state index in [1.54, 1.807) is 0 Å². The Morgan fingerprint density at radius 3 is 1.40 bits per heavy atom. The van der Waals surface area contributed by atoms with Gasteiger partial charge in [-0.3, -0.25) is 0 Å². The molecule has 0 atom stereocenters. The molecule has 1 aliphatic heterocycles. The molecule has 0 saturated heterocycles. The predicted octanol–water partition coefficient (Wildman–Crippen LogP) is 15.1. The molecule has 0 radical (unpaired) electrons. The molecule has 0 amide bonds. The molecule has 0 unspecified atom stereocenters. The standard InChI is InChI=1S/C37H54N2.2C4H9.Ni/c1-4-7-10-12-14-17-21-31-23-19-26-33(28-31)36-30-35(25-16-9-6-3)37(39(36)38)34-27-20-24-32(29-34)22-18-15-13-11-8-5-2;2*1-3-4-2;/h19-20,23-24,26-30H,4-18,21-22,25H2,1-3H3;2*1,3-4H2,2H3;/q;2*-1;+2. The summed E-state index contributed by atoms with van der Waals surface area (Å²) in [5.74, 6) is 0. The van der Waals surface area contributed by atoms with Crippen molar-refractivity contribution >= 4 is 11.4 Å². The number of rotatable bonds is 22. The van der Waals surface area contributed by atoms with Crippen molar-refractivity contribution in [2.75, 3.05) is 0 Å². The van der Waals surface area contributed by atoms with Crippen molar-refractivity contribution in [1.82, 2.24) is 0 Å². The molecule has 2 nitrogen and oxygen atoms in total. The second kappa shape index (κ2) is 31.0. The molecule has 0 saturated carbocycles. The van der Waals surface area contributed by atoms with Gasteiger partial charge >= 0.3 is 16.5 Å². The minimum absolute atomic E-state index is 0. The van der Waals surface area contributed by atoms with E-state index in [0.717, 1.165) is 61.0 Å². The summed E-state index contributed by atoms with van der Waals surface area (Å²) in [7, 11) is 0. The van der Waals surface area contributed by atoms with Gasteiger partial charge < -0.3 is 19.4 Å². The first kappa shape index (κ1) is 46.0. The van der Waals surface area contributed by atoms with Gasteiger partial charge in [0.2, 0.25) is 11.4 Å². The number of hydrogen-bond donors (Lipinski definition) is 0. The van der Waals surface area contributed by atoms with Gasteiger partial charge in [-0.2, -0.15) is 12.8 Å². The van der Waals surface area contributed by atoms with E-state index in [9.17, 15) is 5.53 Å². The molecule has 0 bridgehead atoms. The van der Waals surface area contributed by atoms with Gasteiger partial charge in [-0.05, 0) is 73.9 Å². The van der Waals surface area contributed by atoms with Gasteiger partial charge in [0.25, 0.3) is 0 Å². The third kappa shape index (κ3) is 19.3. The van der Waals surface area contributed by atoms with Gasteiger partial charge in [-0.15, -0.1) is 0 Å². The van der Waals surface area contributed by atoms with Crippen molar-refractivity contribution in [1.29, 1.82) is 0 Å². The van der Waals surface area contributed by atoms with Crippen molar-refractivity contribution in [3.05, 3.63) is 102 Å². The maximum atomic E-state index is 11.6. The number of aryl methyl sites for hydroxylation is 2. The smallest absolute Gasteiger partial charge is 0.493 e. The maximum Gasteiger partial charge on any atom is 2.00 e. The molecule has 2 aromatic rings. The molecule has 1 aliphatic rings. The zero-order valence-corrected chi connectivity index (χ0v) is 32.9. The molecule has 2 aromatic carbocycles. The van der Waals surface area contributed by atoms with E-state index in [1.807, 2.05) is 0 Å². The fourth-order valence-corrected chi connectivity index (χ4v) is 5.80. The number of hydrogen-bond acceptors (Lipinski definition) is 0. The van der Waals surface area contributed by atoms with Crippen LogP contribution in [-0.4, -0.2) is 4.70 Å². The van der Waals surface area contributed by atoms with Crippen molar-refractivity contribution in [2.45, 2.75) is 176 Å². The third-order valence-corrected chi connectivity index (χ3v) is 8.87. The Balaban J connectivity index is 0.00000221. The van der Waals surface area contributed by atoms with Crippen LogP contribution in [0.25, 0.3) is 16.9 Å². The normalized spacial score (nSPS) is 12.1. The van der Waals surface area contributed by atoms with Crippen molar-refractivity contribution in [3.63, 3.8) is 0 Å². The van der Waals surface area contributed by atoms with Crippen LogP contribution in [-0.2, 0) is 29.3 Å². The third-order valence-electron chi connectivity index (χ3n) is 8.87. The zero-order valence-electron chi connectivity index (χ0n) is 31.9. The summed E-state index contributed by atoms with van der Waals surface area (Å²) < 4.78 is 1.48. The molecule has 3 rings (SSSR count). The van der Waals surface area contributed by atoms with Crippen LogP contribution >= 0.6 is 0 Å². The van der Waals surface area contributed by atoms with Gasteiger partial charge in [0.1, 0.15) is 0 Å². The average molecular weight is 700 g/mol.